The quantitative estimate of drug-likeness (QED) is 0.613. The van der Waals surface area contributed by atoms with Gasteiger partial charge in [0.15, 0.2) is 11.8 Å². The number of benzene rings is 1. The molecule has 2 heterocycles. The van der Waals surface area contributed by atoms with Crippen molar-refractivity contribution in [3.8, 4) is 5.75 Å². The van der Waals surface area contributed by atoms with Gasteiger partial charge in [-0.1, -0.05) is 12.1 Å². The summed E-state index contributed by atoms with van der Waals surface area (Å²) in [6.07, 6.45) is 3.42. The molecule has 2 aromatic rings. The lowest BCUT2D eigenvalue weighted by Gasteiger charge is -2.16. The van der Waals surface area contributed by atoms with Gasteiger partial charge in [0.2, 0.25) is 0 Å². The third kappa shape index (κ3) is 4.33. The van der Waals surface area contributed by atoms with Crippen LogP contribution in [0.3, 0.4) is 0 Å². The molecule has 0 atom stereocenters. The number of aryl methyl sites for hydroxylation is 2. The zero-order valence-electron chi connectivity index (χ0n) is 15.9. The molecule has 7 heteroatoms. The van der Waals surface area contributed by atoms with Crippen molar-refractivity contribution in [3.05, 3.63) is 41.0 Å². The van der Waals surface area contributed by atoms with Crippen LogP contribution in [0.4, 0.5) is 0 Å². The number of hydrogen-bond acceptors (Lipinski definition) is 4. The maximum absolute atomic E-state index is 5.47. The molecule has 0 aliphatic carbocycles. The third-order valence-corrected chi connectivity index (χ3v) is 4.54. The fraction of sp³-hybridized carbons (Fsp3) is 0.526. The second-order valence-electron chi connectivity index (χ2n) is 6.51. The minimum absolute atomic E-state index is 0.552. The number of guanidine groups is 1. The van der Waals surface area contributed by atoms with E-state index < -0.39 is 0 Å². The average Bonchev–Trinajstić information content (AvgIpc) is 3.08. The molecule has 0 fully saturated rings. The molecule has 0 amide bonds. The van der Waals surface area contributed by atoms with Crippen LogP contribution in [0, 0.1) is 6.92 Å². The molecule has 2 N–H and O–H groups in total. The van der Waals surface area contributed by atoms with Gasteiger partial charge in [0, 0.05) is 25.1 Å². The monoisotopic (exact) mass is 356 g/mol. The summed E-state index contributed by atoms with van der Waals surface area (Å²) in [7, 11) is 1.69. The molecular formula is C19H28N6O. The van der Waals surface area contributed by atoms with Gasteiger partial charge in [0.25, 0.3) is 0 Å². The third-order valence-electron chi connectivity index (χ3n) is 4.54. The van der Waals surface area contributed by atoms with Crippen LogP contribution >= 0.6 is 0 Å². The average molecular weight is 356 g/mol. The topological polar surface area (TPSA) is 76.4 Å². The van der Waals surface area contributed by atoms with Gasteiger partial charge in [-0.15, -0.1) is 10.2 Å². The number of nitrogens with zero attached hydrogens (tertiary/aromatic N) is 4. The van der Waals surface area contributed by atoms with Gasteiger partial charge in [-0.25, -0.2) is 4.99 Å². The summed E-state index contributed by atoms with van der Waals surface area (Å²) in [4.78, 5) is 4.69. The molecule has 0 unspecified atom stereocenters. The lowest BCUT2D eigenvalue weighted by Crippen LogP contribution is -2.37. The Labute approximate surface area is 154 Å². The van der Waals surface area contributed by atoms with Crippen LogP contribution in [0.1, 0.15) is 42.5 Å². The number of hydrogen-bond donors (Lipinski definition) is 2. The van der Waals surface area contributed by atoms with Gasteiger partial charge >= 0.3 is 0 Å². The van der Waals surface area contributed by atoms with E-state index in [0.29, 0.717) is 13.1 Å². The van der Waals surface area contributed by atoms with Crippen LogP contribution in [0.25, 0.3) is 0 Å². The Hall–Kier alpha value is -2.57. The van der Waals surface area contributed by atoms with E-state index in [0.717, 1.165) is 48.4 Å². The summed E-state index contributed by atoms with van der Waals surface area (Å²) in [5, 5.41) is 15.3. The Morgan fingerprint density at radius 3 is 2.96 bits per heavy atom. The second-order valence-corrected chi connectivity index (χ2v) is 6.51. The maximum Gasteiger partial charge on any atom is 0.191 e. The van der Waals surface area contributed by atoms with E-state index in [2.05, 4.69) is 51.4 Å². The molecule has 1 aliphatic heterocycles. The first kappa shape index (κ1) is 18.2. The summed E-state index contributed by atoms with van der Waals surface area (Å²) < 4.78 is 7.69. The number of rotatable bonds is 6. The Bertz CT molecular complexity index is 767. The summed E-state index contributed by atoms with van der Waals surface area (Å²) in [6, 6.07) is 6.18. The van der Waals surface area contributed by atoms with E-state index in [1.807, 2.05) is 6.07 Å². The molecular weight excluding hydrogens is 328 g/mol. The molecule has 0 radical (unpaired) electrons. The van der Waals surface area contributed by atoms with E-state index in [1.165, 1.54) is 18.4 Å². The molecule has 26 heavy (non-hydrogen) atoms. The van der Waals surface area contributed by atoms with Crippen molar-refractivity contribution < 1.29 is 4.74 Å². The van der Waals surface area contributed by atoms with Crippen molar-refractivity contribution >= 4 is 5.96 Å². The van der Waals surface area contributed by atoms with E-state index in [1.54, 1.807) is 7.11 Å². The fourth-order valence-corrected chi connectivity index (χ4v) is 3.15. The van der Waals surface area contributed by atoms with Crippen molar-refractivity contribution in [2.24, 2.45) is 4.99 Å². The number of ether oxygens (including phenoxy) is 1. The second kappa shape index (κ2) is 8.69. The molecule has 0 spiro atoms. The molecule has 0 saturated carbocycles. The predicted molar refractivity (Wildman–Crippen MR) is 102 cm³/mol. The highest BCUT2D eigenvalue weighted by Gasteiger charge is 2.15. The highest BCUT2D eigenvalue weighted by molar-refractivity contribution is 5.79. The van der Waals surface area contributed by atoms with Crippen LogP contribution in [-0.2, 0) is 26.1 Å². The molecule has 7 nitrogen and oxygen atoms in total. The van der Waals surface area contributed by atoms with E-state index in [9.17, 15) is 0 Å². The van der Waals surface area contributed by atoms with Gasteiger partial charge in [-0.05, 0) is 38.3 Å². The fourth-order valence-electron chi connectivity index (χ4n) is 3.15. The molecule has 3 rings (SSSR count). The Balaban J connectivity index is 1.67. The highest BCUT2D eigenvalue weighted by Crippen LogP contribution is 2.20. The lowest BCUT2D eigenvalue weighted by atomic mass is 10.1. The van der Waals surface area contributed by atoms with Gasteiger partial charge in [-0.2, -0.15) is 0 Å². The molecule has 1 aromatic carbocycles. The first-order valence-corrected chi connectivity index (χ1v) is 9.28. The number of fused-ring (bicyclic) bond motifs is 1. The summed E-state index contributed by atoms with van der Waals surface area (Å²) in [6.45, 7) is 7.09. The van der Waals surface area contributed by atoms with Gasteiger partial charge in [0.05, 0.1) is 20.2 Å². The minimum atomic E-state index is 0.552. The van der Waals surface area contributed by atoms with E-state index in [4.69, 9.17) is 9.73 Å². The summed E-state index contributed by atoms with van der Waals surface area (Å²) >= 11 is 0. The Morgan fingerprint density at radius 1 is 1.27 bits per heavy atom. The van der Waals surface area contributed by atoms with Gasteiger partial charge in [-0.3, -0.25) is 0 Å². The van der Waals surface area contributed by atoms with Crippen molar-refractivity contribution in [1.82, 2.24) is 25.4 Å². The number of nitrogens with one attached hydrogen (secondary N) is 2. The van der Waals surface area contributed by atoms with Crippen LogP contribution in [0.5, 0.6) is 5.75 Å². The van der Waals surface area contributed by atoms with E-state index in [-0.39, 0.29) is 0 Å². The van der Waals surface area contributed by atoms with Crippen LogP contribution in [-0.4, -0.2) is 34.4 Å². The van der Waals surface area contributed by atoms with Crippen molar-refractivity contribution in [1.29, 1.82) is 0 Å². The zero-order valence-corrected chi connectivity index (χ0v) is 15.9. The normalized spacial score (nSPS) is 14.0. The van der Waals surface area contributed by atoms with Gasteiger partial charge in [0.1, 0.15) is 11.6 Å². The van der Waals surface area contributed by atoms with Crippen LogP contribution < -0.4 is 15.4 Å². The SMILES string of the molecule is CCNC(=NCc1ccc(C)cc1OC)NCc1nnc2n1CCCC2. The number of aromatic nitrogens is 3. The zero-order chi connectivity index (χ0) is 18.4. The van der Waals surface area contributed by atoms with Gasteiger partial charge < -0.3 is 19.9 Å². The Kier molecular flexibility index (Phi) is 6.09. The number of aliphatic imine (C=N–C) groups is 1. The first-order chi connectivity index (χ1) is 12.7. The van der Waals surface area contributed by atoms with Crippen molar-refractivity contribution in [3.63, 3.8) is 0 Å². The molecule has 140 valence electrons. The smallest absolute Gasteiger partial charge is 0.191 e. The maximum atomic E-state index is 5.47. The molecule has 1 aliphatic rings. The molecule has 0 saturated heterocycles. The molecule has 1 aromatic heterocycles. The van der Waals surface area contributed by atoms with Crippen LogP contribution in [0.2, 0.25) is 0 Å². The molecule has 0 bridgehead atoms. The predicted octanol–water partition coefficient (Wildman–Crippen LogP) is 2.19. The Morgan fingerprint density at radius 2 is 2.15 bits per heavy atom. The van der Waals surface area contributed by atoms with Crippen LogP contribution in [0.15, 0.2) is 23.2 Å². The van der Waals surface area contributed by atoms with Crippen molar-refractivity contribution in [2.45, 2.75) is 52.7 Å². The lowest BCUT2D eigenvalue weighted by molar-refractivity contribution is 0.409. The summed E-state index contributed by atoms with van der Waals surface area (Å²) in [5.74, 6) is 3.71. The standard InChI is InChI=1S/C19H28N6O/c1-4-20-19(21-12-15-9-8-14(2)11-16(15)26-3)22-13-18-24-23-17-7-5-6-10-25(17)18/h8-9,11H,4-7,10,12-13H2,1-3H3,(H2,20,21,22). The van der Waals surface area contributed by atoms with Crippen molar-refractivity contribution in [2.75, 3.05) is 13.7 Å². The van der Waals surface area contributed by atoms with E-state index >= 15 is 0 Å². The first-order valence-electron chi connectivity index (χ1n) is 9.28. The summed E-state index contributed by atoms with van der Waals surface area (Å²) in [5.41, 5.74) is 2.24. The number of methoxy groups -OCH3 is 1. The highest BCUT2D eigenvalue weighted by atomic mass is 16.5. The largest absolute Gasteiger partial charge is 0.496 e. The minimum Gasteiger partial charge on any atom is -0.496 e.